The van der Waals surface area contributed by atoms with E-state index >= 15 is 4.39 Å². The predicted octanol–water partition coefficient (Wildman–Crippen LogP) is 3.13. The zero-order chi connectivity index (χ0) is 25.3. The van der Waals surface area contributed by atoms with E-state index in [1.54, 1.807) is 13.1 Å². The zero-order valence-corrected chi connectivity index (χ0v) is 20.9. The average Bonchev–Trinajstić information content (AvgIpc) is 3.20. The third kappa shape index (κ3) is 4.93. The molecule has 2 aromatic heterocycles. The van der Waals surface area contributed by atoms with Crippen LogP contribution < -0.4 is 15.0 Å². The van der Waals surface area contributed by atoms with Crippen LogP contribution in [0.2, 0.25) is 0 Å². The minimum Gasteiger partial charge on any atom is -0.491 e. The molecule has 1 atom stereocenters. The van der Waals surface area contributed by atoms with E-state index in [0.29, 0.717) is 29.4 Å². The Morgan fingerprint density at radius 3 is 2.67 bits per heavy atom. The van der Waals surface area contributed by atoms with Gasteiger partial charge in [-0.2, -0.15) is 0 Å². The van der Waals surface area contributed by atoms with E-state index in [0.717, 1.165) is 50.5 Å². The van der Waals surface area contributed by atoms with Crippen molar-refractivity contribution < 1.29 is 23.5 Å². The van der Waals surface area contributed by atoms with E-state index in [1.165, 1.54) is 12.1 Å². The largest absolute Gasteiger partial charge is 0.491 e. The van der Waals surface area contributed by atoms with Gasteiger partial charge in [-0.1, -0.05) is 5.16 Å². The van der Waals surface area contributed by atoms with Crippen molar-refractivity contribution in [3.8, 4) is 28.4 Å². The van der Waals surface area contributed by atoms with E-state index in [9.17, 15) is 5.11 Å². The lowest BCUT2D eigenvalue weighted by Gasteiger charge is -2.52. The van der Waals surface area contributed by atoms with Crippen molar-refractivity contribution in [2.24, 2.45) is 5.41 Å². The monoisotopic (exact) mass is 497 g/mol. The summed E-state index contributed by atoms with van der Waals surface area (Å²) in [6, 6.07) is 6.37. The number of rotatable bonds is 8. The van der Waals surface area contributed by atoms with Crippen LogP contribution in [0.5, 0.6) is 5.75 Å². The number of anilines is 1. The van der Waals surface area contributed by atoms with Crippen LogP contribution in [0.25, 0.3) is 22.6 Å². The van der Waals surface area contributed by atoms with E-state index in [2.05, 4.69) is 15.4 Å². The highest BCUT2D eigenvalue weighted by Gasteiger charge is 2.44. The van der Waals surface area contributed by atoms with Gasteiger partial charge in [0.2, 0.25) is 0 Å². The molecule has 1 aromatic carbocycles. The molecule has 0 radical (unpaired) electrons. The van der Waals surface area contributed by atoms with Crippen LogP contribution in [0.3, 0.4) is 0 Å². The first-order valence-electron chi connectivity index (χ1n) is 12.3. The topological polar surface area (TPSA) is 106 Å². The fourth-order valence-electron chi connectivity index (χ4n) is 4.99. The Bertz CT molecular complexity index is 1200. The van der Waals surface area contributed by atoms with E-state index in [1.807, 2.05) is 19.9 Å². The van der Waals surface area contributed by atoms with Crippen molar-refractivity contribution in [3.63, 3.8) is 0 Å². The van der Waals surface area contributed by atoms with Gasteiger partial charge in [-0.25, -0.2) is 14.4 Å². The molecule has 0 aliphatic carbocycles. The van der Waals surface area contributed by atoms with Crippen LogP contribution in [-0.4, -0.2) is 72.8 Å². The quantitative estimate of drug-likeness (QED) is 0.486. The number of ether oxygens (including phenoxy) is 2. The van der Waals surface area contributed by atoms with Crippen molar-refractivity contribution in [2.45, 2.75) is 32.8 Å². The van der Waals surface area contributed by atoms with Crippen LogP contribution in [0, 0.1) is 25.1 Å². The molecule has 2 aliphatic rings. The Balaban J connectivity index is 1.50. The molecule has 2 aliphatic heterocycles. The number of halogens is 1. The number of aliphatic hydroxyl groups is 1. The molecule has 5 rings (SSSR count). The Morgan fingerprint density at radius 2 is 1.97 bits per heavy atom. The number of likely N-dealkylation sites (N-methyl/N-ethyl adjacent to an activating group) is 1. The van der Waals surface area contributed by atoms with Gasteiger partial charge in [-0.3, -0.25) is 0 Å². The van der Waals surface area contributed by atoms with E-state index in [4.69, 9.17) is 24.0 Å². The summed E-state index contributed by atoms with van der Waals surface area (Å²) in [6.45, 7) is 7.50. The van der Waals surface area contributed by atoms with Gasteiger partial charge in [0.05, 0.1) is 22.5 Å². The second kappa shape index (κ2) is 10.1. The highest BCUT2D eigenvalue weighted by Crippen LogP contribution is 2.43. The van der Waals surface area contributed by atoms with Gasteiger partial charge >= 0.3 is 0 Å². The number of aliphatic hydroxyl groups excluding tert-OH is 1. The first-order valence-corrected chi connectivity index (χ1v) is 12.3. The first kappa shape index (κ1) is 24.6. The average molecular weight is 498 g/mol. The van der Waals surface area contributed by atoms with Crippen molar-refractivity contribution in [1.29, 1.82) is 0 Å². The van der Waals surface area contributed by atoms with Crippen LogP contribution in [-0.2, 0) is 4.74 Å². The summed E-state index contributed by atoms with van der Waals surface area (Å²) in [5.41, 5.74) is 2.61. The summed E-state index contributed by atoms with van der Waals surface area (Å²) >= 11 is 0. The molecule has 1 spiro atoms. The molecular weight excluding hydrogens is 465 g/mol. The SMILES string of the molecule is CNCC(O)COc1ccc(F)c(-c2nc(-c3c(C)noc3C)cc(N3CC4(CCOCC4)C3)n2)c1. The molecule has 0 saturated carbocycles. The van der Waals surface area contributed by atoms with Crippen LogP contribution in [0.4, 0.5) is 10.2 Å². The molecule has 36 heavy (non-hydrogen) atoms. The predicted molar refractivity (Wildman–Crippen MR) is 133 cm³/mol. The molecule has 10 heteroatoms. The van der Waals surface area contributed by atoms with Crippen molar-refractivity contribution >= 4 is 5.82 Å². The Labute approximate surface area is 209 Å². The third-order valence-corrected chi connectivity index (χ3v) is 6.99. The number of aryl methyl sites for hydroxylation is 2. The first-order chi connectivity index (χ1) is 17.4. The standard InChI is InChI=1S/C26H32FN5O4/c1-16-24(17(2)36-31-16)22-11-23(32-14-26(15-32)6-8-34-9-7-26)30-25(29-22)20-10-19(4-5-21(20)27)35-13-18(33)12-28-3/h4-5,10-11,18,28,33H,6-9,12-15H2,1-3H3. The number of aromatic nitrogens is 3. The van der Waals surface area contributed by atoms with E-state index < -0.39 is 11.9 Å². The minimum absolute atomic E-state index is 0.0801. The van der Waals surface area contributed by atoms with Gasteiger partial charge in [-0.05, 0) is 51.9 Å². The number of hydrogen-bond donors (Lipinski definition) is 2. The summed E-state index contributed by atoms with van der Waals surface area (Å²) in [6.07, 6.45) is 1.38. The van der Waals surface area contributed by atoms with Gasteiger partial charge in [0.25, 0.3) is 0 Å². The highest BCUT2D eigenvalue weighted by atomic mass is 19.1. The number of nitrogens with one attached hydrogen (secondary N) is 1. The van der Waals surface area contributed by atoms with Gasteiger partial charge in [0.15, 0.2) is 5.82 Å². The van der Waals surface area contributed by atoms with Crippen LogP contribution in [0.15, 0.2) is 28.8 Å². The smallest absolute Gasteiger partial charge is 0.165 e. The second-order valence-electron chi connectivity index (χ2n) is 9.77. The van der Waals surface area contributed by atoms with Crippen LogP contribution >= 0.6 is 0 Å². The molecule has 1 unspecified atom stereocenters. The van der Waals surface area contributed by atoms with Gasteiger partial charge in [0, 0.05) is 44.3 Å². The summed E-state index contributed by atoms with van der Waals surface area (Å²) in [5.74, 6) is 1.61. The minimum atomic E-state index is -0.682. The fourth-order valence-corrected chi connectivity index (χ4v) is 4.99. The molecule has 3 aromatic rings. The lowest BCUT2D eigenvalue weighted by molar-refractivity contribution is -0.000453. The lowest BCUT2D eigenvalue weighted by Crippen LogP contribution is -2.58. The molecule has 2 fully saturated rings. The fraction of sp³-hybridized carbons (Fsp3) is 0.500. The van der Waals surface area contributed by atoms with Crippen molar-refractivity contribution in [2.75, 3.05) is 51.4 Å². The van der Waals surface area contributed by atoms with Crippen molar-refractivity contribution in [1.82, 2.24) is 20.4 Å². The summed E-state index contributed by atoms with van der Waals surface area (Å²) in [4.78, 5) is 11.7. The molecule has 2 saturated heterocycles. The van der Waals surface area contributed by atoms with Crippen LogP contribution in [0.1, 0.15) is 24.3 Å². The van der Waals surface area contributed by atoms with Gasteiger partial charge in [0.1, 0.15) is 35.9 Å². The molecule has 0 bridgehead atoms. The Hall–Kier alpha value is -3.08. The Kier molecular flexibility index (Phi) is 6.92. The third-order valence-electron chi connectivity index (χ3n) is 6.99. The summed E-state index contributed by atoms with van der Waals surface area (Å²) in [5, 5.41) is 16.9. The van der Waals surface area contributed by atoms with Gasteiger partial charge in [-0.15, -0.1) is 0 Å². The molecular formula is C26H32FN5O4. The van der Waals surface area contributed by atoms with E-state index in [-0.39, 0.29) is 23.4 Å². The molecule has 4 heterocycles. The maximum atomic E-state index is 15.1. The lowest BCUT2D eigenvalue weighted by atomic mass is 9.73. The summed E-state index contributed by atoms with van der Waals surface area (Å²) < 4.78 is 31.7. The van der Waals surface area contributed by atoms with Gasteiger partial charge < -0.3 is 29.3 Å². The zero-order valence-electron chi connectivity index (χ0n) is 20.9. The molecule has 2 N–H and O–H groups in total. The number of benzene rings is 1. The Morgan fingerprint density at radius 1 is 1.19 bits per heavy atom. The molecule has 9 nitrogen and oxygen atoms in total. The second-order valence-corrected chi connectivity index (χ2v) is 9.77. The normalized spacial score (nSPS) is 17.8. The van der Waals surface area contributed by atoms with Crippen molar-refractivity contribution in [3.05, 3.63) is 41.5 Å². The number of nitrogens with zero attached hydrogens (tertiary/aromatic N) is 4. The number of hydrogen-bond acceptors (Lipinski definition) is 9. The maximum Gasteiger partial charge on any atom is 0.165 e. The molecule has 192 valence electrons. The summed E-state index contributed by atoms with van der Waals surface area (Å²) in [7, 11) is 1.75. The highest BCUT2D eigenvalue weighted by molar-refractivity contribution is 5.71. The maximum absolute atomic E-state index is 15.1. The molecule has 0 amide bonds.